The van der Waals surface area contributed by atoms with E-state index in [9.17, 15) is 4.79 Å². The van der Waals surface area contributed by atoms with Crippen molar-refractivity contribution in [3.63, 3.8) is 0 Å². The Balaban J connectivity index is 2.53. The standard InChI is InChI=1S/C14H21ClN2O/c1-14(2,16-3)13(18)17(4)10-9-11-5-7-12(15)8-6-11/h5-8,16H,9-10H2,1-4H3. The van der Waals surface area contributed by atoms with Crippen LogP contribution >= 0.6 is 11.6 Å². The number of rotatable bonds is 5. The second-order valence-electron chi connectivity index (χ2n) is 4.98. The minimum atomic E-state index is -0.519. The first-order chi connectivity index (χ1) is 8.36. The van der Waals surface area contributed by atoms with Crippen LogP contribution in [-0.4, -0.2) is 37.0 Å². The van der Waals surface area contributed by atoms with E-state index in [1.165, 1.54) is 5.56 Å². The summed E-state index contributed by atoms with van der Waals surface area (Å²) in [6.07, 6.45) is 0.833. The summed E-state index contributed by atoms with van der Waals surface area (Å²) in [6.45, 7) is 4.47. The lowest BCUT2D eigenvalue weighted by molar-refractivity contribution is -0.135. The Hall–Kier alpha value is -1.06. The summed E-state index contributed by atoms with van der Waals surface area (Å²) in [5.74, 6) is 0.0963. The molecule has 1 N–H and O–H groups in total. The highest BCUT2D eigenvalue weighted by Gasteiger charge is 2.27. The zero-order valence-corrected chi connectivity index (χ0v) is 12.2. The summed E-state index contributed by atoms with van der Waals surface area (Å²) in [5, 5.41) is 3.75. The Labute approximate surface area is 114 Å². The zero-order valence-electron chi connectivity index (χ0n) is 11.5. The van der Waals surface area contributed by atoms with Crippen molar-refractivity contribution in [2.75, 3.05) is 20.6 Å². The van der Waals surface area contributed by atoms with Crippen molar-refractivity contribution in [2.45, 2.75) is 25.8 Å². The van der Waals surface area contributed by atoms with Gasteiger partial charge in [-0.05, 0) is 45.0 Å². The molecule has 0 bridgehead atoms. The minimum Gasteiger partial charge on any atom is -0.344 e. The normalized spacial score (nSPS) is 11.4. The van der Waals surface area contributed by atoms with Gasteiger partial charge in [0.2, 0.25) is 5.91 Å². The largest absolute Gasteiger partial charge is 0.344 e. The van der Waals surface area contributed by atoms with Gasteiger partial charge in [-0.15, -0.1) is 0 Å². The third kappa shape index (κ3) is 4.00. The number of halogens is 1. The van der Waals surface area contributed by atoms with Crippen LogP contribution in [0.15, 0.2) is 24.3 Å². The van der Waals surface area contributed by atoms with Crippen LogP contribution in [0.1, 0.15) is 19.4 Å². The Kier molecular flexibility index (Phi) is 5.17. The van der Waals surface area contributed by atoms with Crippen molar-refractivity contribution in [1.29, 1.82) is 0 Å². The number of carbonyl (C=O) groups excluding carboxylic acids is 1. The van der Waals surface area contributed by atoms with Gasteiger partial charge in [0, 0.05) is 18.6 Å². The summed E-state index contributed by atoms with van der Waals surface area (Å²) in [5.41, 5.74) is 0.663. The van der Waals surface area contributed by atoms with Crippen molar-refractivity contribution in [1.82, 2.24) is 10.2 Å². The maximum atomic E-state index is 12.1. The lowest BCUT2D eigenvalue weighted by Crippen LogP contribution is -2.52. The molecule has 4 heteroatoms. The van der Waals surface area contributed by atoms with Gasteiger partial charge in [0.25, 0.3) is 0 Å². The quantitative estimate of drug-likeness (QED) is 0.889. The molecule has 0 aromatic heterocycles. The second-order valence-corrected chi connectivity index (χ2v) is 5.41. The fourth-order valence-corrected chi connectivity index (χ4v) is 1.76. The van der Waals surface area contributed by atoms with E-state index in [2.05, 4.69) is 5.32 Å². The van der Waals surface area contributed by atoms with Crippen LogP contribution in [0.25, 0.3) is 0 Å². The van der Waals surface area contributed by atoms with Crippen LogP contribution in [-0.2, 0) is 11.2 Å². The number of nitrogens with one attached hydrogen (secondary N) is 1. The average Bonchev–Trinajstić information content (AvgIpc) is 2.36. The van der Waals surface area contributed by atoms with Gasteiger partial charge >= 0.3 is 0 Å². The van der Waals surface area contributed by atoms with Crippen molar-refractivity contribution in [3.05, 3.63) is 34.9 Å². The molecule has 18 heavy (non-hydrogen) atoms. The highest BCUT2D eigenvalue weighted by atomic mass is 35.5. The highest BCUT2D eigenvalue weighted by molar-refractivity contribution is 6.30. The van der Waals surface area contributed by atoms with Crippen LogP contribution in [0, 0.1) is 0 Å². The maximum Gasteiger partial charge on any atom is 0.242 e. The summed E-state index contributed by atoms with van der Waals surface area (Å²) < 4.78 is 0. The van der Waals surface area contributed by atoms with Crippen molar-refractivity contribution in [3.8, 4) is 0 Å². The van der Waals surface area contributed by atoms with Crippen LogP contribution in [0.3, 0.4) is 0 Å². The molecule has 0 unspecified atom stereocenters. The van der Waals surface area contributed by atoms with E-state index in [-0.39, 0.29) is 5.91 Å². The summed E-state index contributed by atoms with van der Waals surface area (Å²) in [7, 11) is 3.63. The summed E-state index contributed by atoms with van der Waals surface area (Å²) >= 11 is 5.83. The number of benzene rings is 1. The summed E-state index contributed by atoms with van der Waals surface area (Å²) in [4.78, 5) is 13.9. The van der Waals surface area contributed by atoms with E-state index in [4.69, 9.17) is 11.6 Å². The van der Waals surface area contributed by atoms with Gasteiger partial charge in [-0.25, -0.2) is 0 Å². The zero-order chi connectivity index (χ0) is 13.8. The molecular formula is C14H21ClN2O. The molecule has 0 heterocycles. The number of hydrogen-bond acceptors (Lipinski definition) is 2. The molecule has 0 aliphatic rings. The average molecular weight is 269 g/mol. The minimum absolute atomic E-state index is 0.0963. The van der Waals surface area contributed by atoms with Crippen LogP contribution in [0.2, 0.25) is 5.02 Å². The van der Waals surface area contributed by atoms with Gasteiger partial charge in [-0.2, -0.15) is 0 Å². The van der Waals surface area contributed by atoms with Crippen LogP contribution in [0.4, 0.5) is 0 Å². The molecule has 1 aromatic rings. The molecule has 0 saturated heterocycles. The van der Waals surface area contributed by atoms with E-state index in [0.717, 1.165) is 11.4 Å². The topological polar surface area (TPSA) is 32.3 Å². The molecule has 100 valence electrons. The van der Waals surface area contributed by atoms with Crippen molar-refractivity contribution >= 4 is 17.5 Å². The molecule has 1 aromatic carbocycles. The fraction of sp³-hybridized carbons (Fsp3) is 0.500. The van der Waals surface area contributed by atoms with E-state index >= 15 is 0 Å². The van der Waals surface area contributed by atoms with Gasteiger partial charge in [0.15, 0.2) is 0 Å². The molecule has 3 nitrogen and oxygen atoms in total. The molecule has 0 aliphatic carbocycles. The Morgan fingerprint density at radius 1 is 1.33 bits per heavy atom. The molecule has 1 rings (SSSR count). The predicted molar refractivity (Wildman–Crippen MR) is 75.9 cm³/mol. The van der Waals surface area contributed by atoms with Gasteiger partial charge in [0.05, 0.1) is 5.54 Å². The van der Waals surface area contributed by atoms with Crippen LogP contribution < -0.4 is 5.32 Å². The van der Waals surface area contributed by atoms with Crippen molar-refractivity contribution in [2.24, 2.45) is 0 Å². The number of carbonyl (C=O) groups is 1. The molecule has 0 aliphatic heterocycles. The van der Waals surface area contributed by atoms with Gasteiger partial charge in [-0.3, -0.25) is 4.79 Å². The number of hydrogen-bond donors (Lipinski definition) is 1. The molecular weight excluding hydrogens is 248 g/mol. The SMILES string of the molecule is CNC(C)(C)C(=O)N(C)CCc1ccc(Cl)cc1. The van der Waals surface area contributed by atoms with E-state index in [1.807, 2.05) is 45.2 Å². The molecule has 0 spiro atoms. The molecule has 0 fully saturated rings. The lowest BCUT2D eigenvalue weighted by atomic mass is 10.0. The number of amides is 1. The highest BCUT2D eigenvalue weighted by Crippen LogP contribution is 2.11. The molecule has 0 atom stereocenters. The van der Waals surface area contributed by atoms with E-state index in [1.54, 1.807) is 11.9 Å². The number of nitrogens with zero attached hydrogens (tertiary/aromatic N) is 1. The molecule has 0 radical (unpaired) electrons. The lowest BCUT2D eigenvalue weighted by Gasteiger charge is -2.29. The third-order valence-corrected chi connectivity index (χ3v) is 3.41. The van der Waals surface area contributed by atoms with Crippen LogP contribution in [0.5, 0.6) is 0 Å². The Morgan fingerprint density at radius 2 is 1.89 bits per heavy atom. The smallest absolute Gasteiger partial charge is 0.242 e. The number of likely N-dealkylation sites (N-methyl/N-ethyl adjacent to an activating group) is 2. The molecule has 0 saturated carbocycles. The molecule has 1 amide bonds. The van der Waals surface area contributed by atoms with Gasteiger partial charge in [-0.1, -0.05) is 23.7 Å². The maximum absolute atomic E-state index is 12.1. The first kappa shape index (κ1) is 15.0. The second kappa shape index (κ2) is 6.21. The summed E-state index contributed by atoms with van der Waals surface area (Å²) in [6, 6.07) is 7.72. The van der Waals surface area contributed by atoms with E-state index in [0.29, 0.717) is 6.54 Å². The van der Waals surface area contributed by atoms with Gasteiger partial charge < -0.3 is 10.2 Å². The fourth-order valence-electron chi connectivity index (χ4n) is 1.63. The first-order valence-electron chi connectivity index (χ1n) is 6.06. The monoisotopic (exact) mass is 268 g/mol. The Bertz CT molecular complexity index is 401. The predicted octanol–water partition coefficient (Wildman–Crippen LogP) is 2.34. The Morgan fingerprint density at radius 3 is 2.39 bits per heavy atom. The first-order valence-corrected chi connectivity index (χ1v) is 6.43. The van der Waals surface area contributed by atoms with Gasteiger partial charge in [0.1, 0.15) is 0 Å². The van der Waals surface area contributed by atoms with E-state index < -0.39 is 5.54 Å². The third-order valence-electron chi connectivity index (χ3n) is 3.16. The van der Waals surface area contributed by atoms with Crippen molar-refractivity contribution < 1.29 is 4.79 Å².